The van der Waals surface area contributed by atoms with Crippen molar-refractivity contribution in [1.29, 1.82) is 0 Å². The lowest BCUT2D eigenvalue weighted by atomic mass is 9.90. The number of carbonyl (C=O) groups excluding carboxylic acids is 1. The molecule has 0 bridgehead atoms. The summed E-state index contributed by atoms with van der Waals surface area (Å²) < 4.78 is 0. The number of aryl methyl sites for hydroxylation is 2. The number of hydrogen-bond acceptors (Lipinski definition) is 3. The van der Waals surface area contributed by atoms with Crippen LogP contribution in [0.5, 0.6) is 0 Å². The standard InChI is InChI=1S/C17H23NO3S/c1-11-4-5-15(13(3)6-11)22-10-16(19)18-8-12(2)7-14(9-18)17(20)21/h4-6,12,14H,7-10H2,1-3H3,(H,20,21). The summed E-state index contributed by atoms with van der Waals surface area (Å²) in [5, 5.41) is 9.18. The fraction of sp³-hybridized carbons (Fsp3) is 0.529. The highest BCUT2D eigenvalue weighted by Gasteiger charge is 2.31. The minimum absolute atomic E-state index is 0.0303. The molecule has 0 aromatic heterocycles. The average Bonchev–Trinajstić information content (AvgIpc) is 2.45. The molecule has 0 saturated carbocycles. The van der Waals surface area contributed by atoms with Gasteiger partial charge in [-0.25, -0.2) is 0 Å². The molecular formula is C17H23NO3S. The minimum atomic E-state index is -0.800. The molecule has 5 heteroatoms. The number of rotatable bonds is 4. The number of carboxylic acids is 1. The van der Waals surface area contributed by atoms with Crippen LogP contribution in [0.3, 0.4) is 0 Å². The smallest absolute Gasteiger partial charge is 0.308 e. The highest BCUT2D eigenvalue weighted by molar-refractivity contribution is 8.00. The van der Waals surface area contributed by atoms with Gasteiger partial charge in [0.2, 0.25) is 5.91 Å². The summed E-state index contributed by atoms with van der Waals surface area (Å²) in [6.45, 7) is 7.10. The average molecular weight is 321 g/mol. The SMILES string of the molecule is Cc1ccc(SCC(=O)N2CC(C)CC(C(=O)O)C2)c(C)c1. The zero-order valence-corrected chi connectivity index (χ0v) is 14.2. The lowest BCUT2D eigenvalue weighted by molar-refractivity contribution is -0.146. The molecular weight excluding hydrogens is 298 g/mol. The maximum Gasteiger partial charge on any atom is 0.308 e. The number of piperidine rings is 1. The number of hydrogen-bond donors (Lipinski definition) is 1. The number of carboxylic acid groups (broad SMARTS) is 1. The highest BCUT2D eigenvalue weighted by atomic mass is 32.2. The maximum absolute atomic E-state index is 12.4. The Balaban J connectivity index is 1.95. The summed E-state index contributed by atoms with van der Waals surface area (Å²) in [7, 11) is 0. The Morgan fingerprint density at radius 2 is 2.05 bits per heavy atom. The lowest BCUT2D eigenvalue weighted by Gasteiger charge is -2.34. The second kappa shape index (κ2) is 7.18. The van der Waals surface area contributed by atoms with Gasteiger partial charge in [-0.3, -0.25) is 9.59 Å². The van der Waals surface area contributed by atoms with Crippen LogP contribution in [0.15, 0.2) is 23.1 Å². The molecule has 1 saturated heterocycles. The summed E-state index contributed by atoms with van der Waals surface area (Å²) in [5.74, 6) is -0.596. The van der Waals surface area contributed by atoms with Crippen molar-refractivity contribution >= 4 is 23.6 Å². The maximum atomic E-state index is 12.4. The molecule has 22 heavy (non-hydrogen) atoms. The van der Waals surface area contributed by atoms with E-state index in [1.54, 1.807) is 4.90 Å². The third kappa shape index (κ3) is 4.26. The van der Waals surface area contributed by atoms with Gasteiger partial charge in [-0.15, -0.1) is 11.8 Å². The van der Waals surface area contributed by atoms with E-state index in [0.29, 0.717) is 25.3 Å². The van der Waals surface area contributed by atoms with Gasteiger partial charge < -0.3 is 10.0 Å². The van der Waals surface area contributed by atoms with Crippen LogP contribution >= 0.6 is 11.8 Å². The van der Waals surface area contributed by atoms with Crippen molar-refractivity contribution in [2.24, 2.45) is 11.8 Å². The Morgan fingerprint density at radius 3 is 2.68 bits per heavy atom. The molecule has 4 nitrogen and oxygen atoms in total. The second-order valence-corrected chi connectivity index (χ2v) is 7.25. The largest absolute Gasteiger partial charge is 0.481 e. The van der Waals surface area contributed by atoms with Crippen LogP contribution in [-0.2, 0) is 9.59 Å². The van der Waals surface area contributed by atoms with Crippen molar-refractivity contribution in [1.82, 2.24) is 4.90 Å². The molecule has 0 radical (unpaired) electrons. The quantitative estimate of drug-likeness (QED) is 0.866. The fourth-order valence-corrected chi connectivity index (χ4v) is 3.84. The van der Waals surface area contributed by atoms with Gasteiger partial charge in [0.25, 0.3) is 0 Å². The first kappa shape index (κ1) is 16.9. The van der Waals surface area contributed by atoms with Crippen LogP contribution in [0.25, 0.3) is 0 Å². The Labute approximate surface area is 135 Å². The monoisotopic (exact) mass is 321 g/mol. The van der Waals surface area contributed by atoms with Crippen molar-refractivity contribution < 1.29 is 14.7 Å². The molecule has 1 N–H and O–H groups in total. The van der Waals surface area contributed by atoms with E-state index in [-0.39, 0.29) is 11.8 Å². The predicted octanol–water partition coefficient (Wildman–Crippen LogP) is 2.96. The molecule has 2 unspecified atom stereocenters. The molecule has 1 aliphatic rings. The molecule has 1 fully saturated rings. The van der Waals surface area contributed by atoms with Crippen LogP contribution in [0, 0.1) is 25.7 Å². The normalized spacial score (nSPS) is 21.7. The van der Waals surface area contributed by atoms with Gasteiger partial charge in [0.15, 0.2) is 0 Å². The molecule has 1 aromatic carbocycles. The number of aliphatic carboxylic acids is 1. The van der Waals surface area contributed by atoms with Gasteiger partial charge >= 0.3 is 5.97 Å². The number of benzene rings is 1. The van der Waals surface area contributed by atoms with E-state index in [1.807, 2.05) is 32.9 Å². The number of amides is 1. The Kier molecular flexibility index (Phi) is 5.51. The fourth-order valence-electron chi connectivity index (χ4n) is 2.93. The zero-order chi connectivity index (χ0) is 16.3. The first-order chi connectivity index (χ1) is 10.4. The van der Waals surface area contributed by atoms with Gasteiger partial charge in [-0.2, -0.15) is 0 Å². The summed E-state index contributed by atoms with van der Waals surface area (Å²) >= 11 is 1.53. The predicted molar refractivity (Wildman–Crippen MR) is 88.1 cm³/mol. The second-order valence-electron chi connectivity index (χ2n) is 6.23. The van der Waals surface area contributed by atoms with E-state index < -0.39 is 11.9 Å². The summed E-state index contributed by atoms with van der Waals surface area (Å²) in [6.07, 6.45) is 0.656. The third-order valence-corrected chi connectivity index (χ3v) is 5.20. The van der Waals surface area contributed by atoms with Crippen molar-refractivity contribution in [3.05, 3.63) is 29.3 Å². The van der Waals surface area contributed by atoms with Crippen LogP contribution in [-0.4, -0.2) is 40.7 Å². The Morgan fingerprint density at radius 1 is 1.32 bits per heavy atom. The van der Waals surface area contributed by atoms with Gasteiger partial charge in [-0.1, -0.05) is 24.6 Å². The molecule has 2 rings (SSSR count). The molecule has 120 valence electrons. The Hall–Kier alpha value is -1.49. The number of carbonyl (C=O) groups is 2. The first-order valence-electron chi connectivity index (χ1n) is 7.57. The third-order valence-electron chi connectivity index (χ3n) is 4.04. The van der Waals surface area contributed by atoms with Crippen LogP contribution < -0.4 is 0 Å². The molecule has 0 aliphatic carbocycles. The summed E-state index contributed by atoms with van der Waals surface area (Å²) in [5.41, 5.74) is 2.38. The summed E-state index contributed by atoms with van der Waals surface area (Å²) in [4.78, 5) is 26.4. The highest BCUT2D eigenvalue weighted by Crippen LogP contribution is 2.26. The minimum Gasteiger partial charge on any atom is -0.481 e. The van der Waals surface area contributed by atoms with Crippen LogP contribution in [0.2, 0.25) is 0 Å². The van der Waals surface area contributed by atoms with Crippen molar-refractivity contribution in [3.63, 3.8) is 0 Å². The van der Waals surface area contributed by atoms with E-state index in [4.69, 9.17) is 0 Å². The molecule has 0 spiro atoms. The van der Waals surface area contributed by atoms with Crippen LogP contribution in [0.4, 0.5) is 0 Å². The topological polar surface area (TPSA) is 57.6 Å². The number of thioether (sulfide) groups is 1. The molecule has 1 heterocycles. The molecule has 1 aliphatic heterocycles. The van der Waals surface area contributed by atoms with Crippen LogP contribution in [0.1, 0.15) is 24.5 Å². The molecule has 1 amide bonds. The summed E-state index contributed by atoms with van der Waals surface area (Å²) in [6, 6.07) is 6.20. The number of nitrogens with zero attached hydrogens (tertiary/aromatic N) is 1. The Bertz CT molecular complexity index is 573. The van der Waals surface area contributed by atoms with Gasteiger partial charge in [0.05, 0.1) is 11.7 Å². The first-order valence-corrected chi connectivity index (χ1v) is 8.56. The lowest BCUT2D eigenvalue weighted by Crippen LogP contribution is -2.46. The molecule has 1 aromatic rings. The van der Waals surface area contributed by atoms with Gasteiger partial charge in [0, 0.05) is 18.0 Å². The van der Waals surface area contributed by atoms with E-state index in [0.717, 1.165) is 4.90 Å². The molecule has 2 atom stereocenters. The van der Waals surface area contributed by atoms with E-state index in [1.165, 1.54) is 22.9 Å². The van der Waals surface area contributed by atoms with Crippen molar-refractivity contribution in [3.8, 4) is 0 Å². The number of likely N-dealkylation sites (tertiary alicyclic amines) is 1. The van der Waals surface area contributed by atoms with E-state index >= 15 is 0 Å². The van der Waals surface area contributed by atoms with Gasteiger partial charge in [0.1, 0.15) is 0 Å². The van der Waals surface area contributed by atoms with Gasteiger partial charge in [-0.05, 0) is 37.8 Å². The zero-order valence-electron chi connectivity index (χ0n) is 13.3. The van der Waals surface area contributed by atoms with E-state index in [9.17, 15) is 14.7 Å². The van der Waals surface area contributed by atoms with Crippen molar-refractivity contribution in [2.45, 2.75) is 32.1 Å². The van der Waals surface area contributed by atoms with E-state index in [2.05, 4.69) is 6.07 Å². The van der Waals surface area contributed by atoms with Crippen molar-refractivity contribution in [2.75, 3.05) is 18.8 Å².